The summed E-state index contributed by atoms with van der Waals surface area (Å²) in [5.41, 5.74) is 0. The molecule has 1 radical (unpaired) electrons. The molecule has 3 N–H and O–H groups in total. The molecule has 12 aromatic rings. The molecule has 12 aromatic carbocycles. The first-order valence-electron chi connectivity index (χ1n) is 30.1. The molecule has 0 saturated carbocycles. The number of halogens is 12. The molecule has 537 valence electrons. The van der Waals surface area contributed by atoms with Gasteiger partial charge in [-0.1, -0.05) is 218 Å². The zero-order chi connectivity index (χ0) is 73.3. The minimum atomic E-state index is -10.7. The molecule has 30 heteroatoms. The zero-order valence-electron chi connectivity index (χ0n) is 53.0. The first-order valence-corrected chi connectivity index (χ1v) is 44.4. The summed E-state index contributed by atoms with van der Waals surface area (Å²) in [6.45, 7) is 0. The predicted octanol–water partition coefficient (Wildman–Crippen LogP) is 20.1. The molecule has 0 amide bonds. The fraction of sp³-hybridized carbons (Fsp3) is 0. The molecule has 0 spiro atoms. The topological polar surface area (TPSA) is 139 Å². The van der Waals surface area contributed by atoms with Crippen LogP contribution in [0.4, 0.5) is 50.4 Å². The minimum absolute atomic E-state index is 0. The van der Waals surface area contributed by atoms with Crippen LogP contribution in [-0.2, 0) is 44.5 Å². The Hall–Kier alpha value is -7.56. The molecule has 0 bridgehead atoms. The molecule has 0 heterocycles. The van der Waals surface area contributed by atoms with Crippen molar-refractivity contribution in [1.82, 2.24) is 14.6 Å². The van der Waals surface area contributed by atoms with Crippen LogP contribution in [0.25, 0.3) is 0 Å². The number of benzene rings is 12. The summed E-state index contributed by atoms with van der Waals surface area (Å²) in [6.07, 6.45) is 0. The molecule has 0 atom stereocenters. The zero-order valence-corrected chi connectivity index (χ0v) is 61.1. The third-order valence-corrected chi connectivity index (χ3v) is 33.3. The van der Waals surface area contributed by atoms with E-state index in [-0.39, 0.29) is 17.1 Å². The van der Waals surface area contributed by atoms with Gasteiger partial charge in [0.15, 0.2) is 0 Å². The molecule has 0 aliphatic carbocycles. The van der Waals surface area contributed by atoms with Crippen LogP contribution in [-0.4, -0.2) is 0 Å². The molecule has 102 heavy (non-hydrogen) atoms. The Balaban J connectivity index is 0.000000195. The van der Waals surface area contributed by atoms with Crippen molar-refractivity contribution in [3.63, 3.8) is 0 Å². The second kappa shape index (κ2) is 32.2. The standard InChI is InChI=1S/3C24H21NO2P2.Cu.2F6P/c3*26-28(21-13-5-1-6-14-21,22-15-7-2-8-16-22)25-29(27,23-17-9-3-10-18-23)24-19-11-4-12-20-24;;2*1-7(2,3,4,5)6/h3*1-20H,(H,25,26,27);;;/q;;;+2;2*-1. The summed E-state index contributed by atoms with van der Waals surface area (Å²) >= 11 is 0. The van der Waals surface area contributed by atoms with Crippen molar-refractivity contribution in [2.24, 2.45) is 0 Å². The van der Waals surface area contributed by atoms with E-state index in [0.717, 1.165) is 0 Å². The van der Waals surface area contributed by atoms with Crippen LogP contribution in [0.3, 0.4) is 0 Å². The Kier molecular flexibility index (Phi) is 25.8. The Morgan fingerprint density at radius 1 is 0.157 bits per heavy atom. The Labute approximate surface area is 592 Å². The molecule has 0 fully saturated rings. The predicted molar refractivity (Wildman–Crippen MR) is 395 cm³/mol. The molecular weight excluding hydrogens is 1540 g/mol. The first kappa shape index (κ1) is 81.7. The molecule has 12 rings (SSSR count). The van der Waals surface area contributed by atoms with Gasteiger partial charge in [0.05, 0.1) is 0 Å². The van der Waals surface area contributed by atoms with Crippen molar-refractivity contribution >= 4 is 123 Å². The van der Waals surface area contributed by atoms with E-state index < -0.39 is 59.4 Å². The molecule has 9 nitrogen and oxygen atoms in total. The van der Waals surface area contributed by atoms with Gasteiger partial charge in [0.2, 0.25) is 43.8 Å². The maximum atomic E-state index is 14.5. The van der Waals surface area contributed by atoms with E-state index in [1.54, 1.807) is 0 Å². The van der Waals surface area contributed by atoms with Crippen LogP contribution in [0.2, 0.25) is 0 Å². The average molecular weight is 1610 g/mol. The molecule has 0 aliphatic rings. The Bertz CT molecular complexity index is 3910. The summed E-state index contributed by atoms with van der Waals surface area (Å²) in [7, 11) is -41.7. The number of rotatable bonds is 18. The number of hydrogen-bond donors (Lipinski definition) is 3. The van der Waals surface area contributed by atoms with Crippen molar-refractivity contribution < 1.29 is 94.8 Å². The van der Waals surface area contributed by atoms with Crippen LogP contribution in [0.1, 0.15) is 0 Å². The summed E-state index contributed by atoms with van der Waals surface area (Å²) in [5.74, 6) is 0. The second-order valence-electron chi connectivity index (χ2n) is 21.9. The van der Waals surface area contributed by atoms with Gasteiger partial charge in [0, 0.05) is 63.7 Å². The fourth-order valence-electron chi connectivity index (χ4n) is 9.84. The molecule has 0 saturated heterocycles. The monoisotopic (exact) mass is 1600 g/mol. The maximum absolute atomic E-state index is 14.5. The van der Waals surface area contributed by atoms with E-state index in [9.17, 15) is 77.8 Å². The summed E-state index contributed by atoms with van der Waals surface area (Å²) < 4.78 is 205. The first-order chi connectivity index (χ1) is 47.3. The Morgan fingerprint density at radius 2 is 0.216 bits per heavy atom. The van der Waals surface area contributed by atoms with Gasteiger partial charge in [-0.15, -0.1) is 0 Å². The van der Waals surface area contributed by atoms with Gasteiger partial charge in [0.25, 0.3) is 0 Å². The van der Waals surface area contributed by atoms with Gasteiger partial charge in [-0.25, -0.2) is 14.6 Å². The third kappa shape index (κ3) is 24.3. The average Bonchev–Trinajstić information content (AvgIpc) is 0.760. The van der Waals surface area contributed by atoms with Gasteiger partial charge in [-0.2, -0.15) is 0 Å². The van der Waals surface area contributed by atoms with Crippen LogP contribution in [0, 0.1) is 0 Å². The smallest absolute Gasteiger partial charge is 0.296 e. The SMILES string of the molecule is F[P-](F)(F)(F)(F)F.F[P-](F)(F)(F)(F)F.O=P(NP(=O)(c1ccccc1)c1ccccc1)(c1ccccc1)c1ccccc1.O=P(NP(=O)(c1ccccc1)c1ccccc1)(c1ccccc1)c1ccccc1.O=P(NP(=O)(c1ccccc1)c1ccccc1)(c1ccccc1)c1ccccc1.[Cu+2]. The van der Waals surface area contributed by atoms with Gasteiger partial charge in [0.1, 0.15) is 0 Å². The summed E-state index contributed by atoms with van der Waals surface area (Å²) in [4.78, 5) is 9.55. The molecule has 0 unspecified atom stereocenters. The van der Waals surface area contributed by atoms with Gasteiger partial charge >= 0.3 is 83.0 Å². The van der Waals surface area contributed by atoms with Gasteiger partial charge < -0.3 is 0 Å². The summed E-state index contributed by atoms with van der Waals surface area (Å²) in [6, 6.07) is 111. The Morgan fingerprint density at radius 3 is 0.275 bits per heavy atom. The third-order valence-electron chi connectivity index (χ3n) is 14.3. The molecule has 0 aliphatic heterocycles. The summed E-state index contributed by atoms with van der Waals surface area (Å²) in [5, 5.41) is 7.48. The fourth-order valence-corrected chi connectivity index (χ4v) is 29.0. The van der Waals surface area contributed by atoms with Crippen molar-refractivity contribution in [2.45, 2.75) is 0 Å². The van der Waals surface area contributed by atoms with E-state index >= 15 is 0 Å². The van der Waals surface area contributed by atoms with Crippen molar-refractivity contribution in [3.05, 3.63) is 364 Å². The largest absolute Gasteiger partial charge is 2.00 e. The van der Waals surface area contributed by atoms with Gasteiger partial charge in [-0.05, 0) is 146 Å². The second-order valence-corrected chi connectivity index (χ2v) is 41.6. The quantitative estimate of drug-likeness (QED) is 0.0435. The van der Waals surface area contributed by atoms with E-state index in [1.165, 1.54) is 0 Å². The van der Waals surface area contributed by atoms with Crippen LogP contribution < -0.4 is 78.2 Å². The molecule has 0 aromatic heterocycles. The number of hydrogen-bond acceptors (Lipinski definition) is 6. The molecular formula is C72H63CuF12N3O6P8. The van der Waals surface area contributed by atoms with E-state index in [4.69, 9.17) is 0 Å². The van der Waals surface area contributed by atoms with Gasteiger partial charge in [-0.3, -0.25) is 27.4 Å². The number of nitrogens with one attached hydrogen (secondary N) is 3. The maximum Gasteiger partial charge on any atom is 2.00 e. The van der Waals surface area contributed by atoms with Crippen LogP contribution in [0.15, 0.2) is 364 Å². The normalized spacial score (nSPS) is 13.3. The van der Waals surface area contributed by atoms with Crippen molar-refractivity contribution in [1.29, 1.82) is 0 Å². The van der Waals surface area contributed by atoms with E-state index in [0.29, 0.717) is 63.7 Å². The van der Waals surface area contributed by atoms with Crippen molar-refractivity contribution in [2.75, 3.05) is 0 Å². The van der Waals surface area contributed by atoms with Crippen LogP contribution >= 0.6 is 59.4 Å². The van der Waals surface area contributed by atoms with E-state index in [2.05, 4.69) is 14.6 Å². The van der Waals surface area contributed by atoms with Crippen LogP contribution in [0.5, 0.6) is 0 Å². The van der Waals surface area contributed by atoms with E-state index in [1.807, 2.05) is 364 Å². The minimum Gasteiger partial charge on any atom is -0.296 e. The van der Waals surface area contributed by atoms with Crippen molar-refractivity contribution in [3.8, 4) is 0 Å².